The number of benzene rings is 1. The SMILES string of the molecule is Cc1ccccc1C(C)Nc1nccnc1Cl. The Morgan fingerprint density at radius 2 is 1.88 bits per heavy atom. The van der Waals surface area contributed by atoms with Gasteiger partial charge in [0.1, 0.15) is 0 Å². The Bertz CT molecular complexity index is 514. The average molecular weight is 248 g/mol. The van der Waals surface area contributed by atoms with Crippen molar-refractivity contribution in [1.29, 1.82) is 0 Å². The first-order valence-corrected chi connectivity index (χ1v) is 5.85. The van der Waals surface area contributed by atoms with Crippen LogP contribution in [0.15, 0.2) is 36.7 Å². The molecular formula is C13H14ClN3. The smallest absolute Gasteiger partial charge is 0.171 e. The molecule has 0 aliphatic heterocycles. The Morgan fingerprint density at radius 3 is 2.59 bits per heavy atom. The summed E-state index contributed by atoms with van der Waals surface area (Å²) in [6.45, 7) is 4.17. The molecule has 0 saturated heterocycles. The van der Waals surface area contributed by atoms with Crippen LogP contribution in [-0.2, 0) is 0 Å². The summed E-state index contributed by atoms with van der Waals surface area (Å²) < 4.78 is 0. The largest absolute Gasteiger partial charge is 0.361 e. The minimum Gasteiger partial charge on any atom is -0.361 e. The van der Waals surface area contributed by atoms with Crippen LogP contribution in [0, 0.1) is 6.92 Å². The zero-order valence-electron chi connectivity index (χ0n) is 9.81. The highest BCUT2D eigenvalue weighted by Gasteiger charge is 2.10. The molecule has 0 spiro atoms. The molecule has 17 heavy (non-hydrogen) atoms. The van der Waals surface area contributed by atoms with Crippen molar-refractivity contribution in [2.45, 2.75) is 19.9 Å². The summed E-state index contributed by atoms with van der Waals surface area (Å²) in [5, 5.41) is 3.66. The highest BCUT2D eigenvalue weighted by atomic mass is 35.5. The maximum Gasteiger partial charge on any atom is 0.171 e. The van der Waals surface area contributed by atoms with E-state index in [9.17, 15) is 0 Å². The van der Waals surface area contributed by atoms with E-state index < -0.39 is 0 Å². The van der Waals surface area contributed by atoms with E-state index in [1.807, 2.05) is 12.1 Å². The van der Waals surface area contributed by atoms with Gasteiger partial charge in [-0.2, -0.15) is 0 Å². The van der Waals surface area contributed by atoms with Crippen LogP contribution in [0.2, 0.25) is 5.15 Å². The first kappa shape index (κ1) is 11.9. The van der Waals surface area contributed by atoms with Crippen molar-refractivity contribution in [2.24, 2.45) is 0 Å². The summed E-state index contributed by atoms with van der Waals surface area (Å²) in [6, 6.07) is 8.38. The molecule has 1 aromatic heterocycles. The van der Waals surface area contributed by atoms with Crippen LogP contribution in [0.5, 0.6) is 0 Å². The van der Waals surface area contributed by atoms with Gasteiger partial charge in [-0.3, -0.25) is 0 Å². The van der Waals surface area contributed by atoms with Crippen molar-refractivity contribution in [3.8, 4) is 0 Å². The van der Waals surface area contributed by atoms with E-state index in [-0.39, 0.29) is 6.04 Å². The first-order valence-electron chi connectivity index (χ1n) is 5.47. The molecule has 0 amide bonds. The number of nitrogens with zero attached hydrogens (tertiary/aromatic N) is 2. The molecule has 1 aromatic carbocycles. The normalized spacial score (nSPS) is 12.2. The predicted molar refractivity (Wildman–Crippen MR) is 70.3 cm³/mol. The van der Waals surface area contributed by atoms with Gasteiger partial charge in [0.15, 0.2) is 11.0 Å². The zero-order valence-corrected chi connectivity index (χ0v) is 10.6. The number of hydrogen-bond donors (Lipinski definition) is 1. The van der Waals surface area contributed by atoms with Crippen molar-refractivity contribution >= 4 is 17.4 Å². The standard InChI is InChI=1S/C13H14ClN3/c1-9-5-3-4-6-11(9)10(2)17-13-12(14)15-7-8-16-13/h3-8,10H,1-2H3,(H,16,17). The summed E-state index contributed by atoms with van der Waals surface area (Å²) in [5.74, 6) is 0.616. The molecule has 1 heterocycles. The van der Waals surface area contributed by atoms with Gasteiger partial charge >= 0.3 is 0 Å². The predicted octanol–water partition coefficient (Wildman–Crippen LogP) is 3.61. The van der Waals surface area contributed by atoms with Crippen LogP contribution >= 0.6 is 11.6 Å². The van der Waals surface area contributed by atoms with E-state index in [1.54, 1.807) is 12.4 Å². The van der Waals surface area contributed by atoms with Crippen LogP contribution in [0.3, 0.4) is 0 Å². The number of aryl methyl sites for hydroxylation is 1. The van der Waals surface area contributed by atoms with Gasteiger partial charge in [-0.1, -0.05) is 35.9 Å². The van der Waals surface area contributed by atoms with Gasteiger partial charge in [0, 0.05) is 12.4 Å². The summed E-state index contributed by atoms with van der Waals surface area (Å²) in [6.07, 6.45) is 3.20. The average Bonchev–Trinajstić information content (AvgIpc) is 2.32. The molecule has 0 aliphatic rings. The van der Waals surface area contributed by atoms with Crippen molar-refractivity contribution in [1.82, 2.24) is 9.97 Å². The Morgan fingerprint density at radius 1 is 1.18 bits per heavy atom. The Labute approximate surface area is 106 Å². The van der Waals surface area contributed by atoms with Gasteiger partial charge in [-0.05, 0) is 25.0 Å². The third kappa shape index (κ3) is 2.74. The fraction of sp³-hybridized carbons (Fsp3) is 0.231. The van der Waals surface area contributed by atoms with Crippen molar-refractivity contribution in [3.63, 3.8) is 0 Å². The lowest BCUT2D eigenvalue weighted by Gasteiger charge is -2.17. The van der Waals surface area contributed by atoms with Crippen LogP contribution < -0.4 is 5.32 Å². The Hall–Kier alpha value is -1.61. The summed E-state index contributed by atoms with van der Waals surface area (Å²) in [5.41, 5.74) is 2.47. The summed E-state index contributed by atoms with van der Waals surface area (Å²) in [7, 11) is 0. The van der Waals surface area contributed by atoms with Gasteiger partial charge in [0.05, 0.1) is 6.04 Å². The van der Waals surface area contributed by atoms with Gasteiger partial charge in [-0.25, -0.2) is 9.97 Å². The number of rotatable bonds is 3. The molecule has 88 valence electrons. The molecule has 2 aromatic rings. The second-order valence-electron chi connectivity index (χ2n) is 3.92. The Kier molecular flexibility index (Phi) is 3.59. The van der Waals surface area contributed by atoms with Crippen LogP contribution in [0.25, 0.3) is 0 Å². The fourth-order valence-corrected chi connectivity index (χ4v) is 1.93. The number of nitrogens with one attached hydrogen (secondary N) is 1. The molecule has 0 bridgehead atoms. The molecule has 3 nitrogen and oxygen atoms in total. The summed E-state index contributed by atoms with van der Waals surface area (Å²) in [4.78, 5) is 8.16. The maximum absolute atomic E-state index is 5.96. The van der Waals surface area contributed by atoms with E-state index in [4.69, 9.17) is 11.6 Å². The molecule has 0 saturated carbocycles. The van der Waals surface area contributed by atoms with Crippen LogP contribution in [-0.4, -0.2) is 9.97 Å². The molecule has 1 N–H and O–H groups in total. The minimum atomic E-state index is 0.144. The lowest BCUT2D eigenvalue weighted by atomic mass is 10.0. The van der Waals surface area contributed by atoms with Crippen molar-refractivity contribution in [2.75, 3.05) is 5.32 Å². The van der Waals surface area contributed by atoms with Gasteiger partial charge in [-0.15, -0.1) is 0 Å². The first-order chi connectivity index (χ1) is 8.18. The topological polar surface area (TPSA) is 37.8 Å². The number of hydrogen-bond acceptors (Lipinski definition) is 3. The quantitative estimate of drug-likeness (QED) is 0.900. The van der Waals surface area contributed by atoms with E-state index in [2.05, 4.69) is 41.3 Å². The second-order valence-corrected chi connectivity index (χ2v) is 4.28. The monoisotopic (exact) mass is 247 g/mol. The highest BCUT2D eigenvalue weighted by Crippen LogP contribution is 2.23. The van der Waals surface area contributed by atoms with Gasteiger partial charge in [0.25, 0.3) is 0 Å². The fourth-order valence-electron chi connectivity index (χ4n) is 1.77. The molecule has 2 rings (SSSR count). The molecule has 0 fully saturated rings. The highest BCUT2D eigenvalue weighted by molar-refractivity contribution is 6.31. The lowest BCUT2D eigenvalue weighted by molar-refractivity contribution is 0.862. The molecule has 1 atom stereocenters. The van der Waals surface area contributed by atoms with Crippen molar-refractivity contribution < 1.29 is 0 Å². The summed E-state index contributed by atoms with van der Waals surface area (Å²) >= 11 is 5.96. The van der Waals surface area contributed by atoms with E-state index >= 15 is 0 Å². The second kappa shape index (κ2) is 5.15. The van der Waals surface area contributed by atoms with Crippen LogP contribution in [0.1, 0.15) is 24.1 Å². The molecule has 4 heteroatoms. The van der Waals surface area contributed by atoms with E-state index in [0.29, 0.717) is 11.0 Å². The number of aromatic nitrogens is 2. The van der Waals surface area contributed by atoms with Crippen molar-refractivity contribution in [3.05, 3.63) is 52.9 Å². The molecule has 0 radical (unpaired) electrons. The third-order valence-corrected chi connectivity index (χ3v) is 2.94. The van der Waals surface area contributed by atoms with E-state index in [0.717, 1.165) is 0 Å². The lowest BCUT2D eigenvalue weighted by Crippen LogP contribution is -2.09. The van der Waals surface area contributed by atoms with E-state index in [1.165, 1.54) is 11.1 Å². The van der Waals surface area contributed by atoms with Crippen LogP contribution in [0.4, 0.5) is 5.82 Å². The molecular weight excluding hydrogens is 234 g/mol. The third-order valence-electron chi connectivity index (χ3n) is 2.66. The number of halogens is 1. The molecule has 0 aliphatic carbocycles. The maximum atomic E-state index is 5.96. The van der Waals surface area contributed by atoms with Gasteiger partial charge < -0.3 is 5.32 Å². The molecule has 1 unspecified atom stereocenters. The zero-order chi connectivity index (χ0) is 12.3. The minimum absolute atomic E-state index is 0.144. The Balaban J connectivity index is 2.20. The number of anilines is 1. The van der Waals surface area contributed by atoms with Gasteiger partial charge in [0.2, 0.25) is 0 Å².